The van der Waals surface area contributed by atoms with Crippen molar-refractivity contribution in [2.45, 2.75) is 0 Å². The van der Waals surface area contributed by atoms with Gasteiger partial charge in [-0.3, -0.25) is 6.58 Å². The van der Waals surface area contributed by atoms with Crippen LogP contribution in [0.4, 0.5) is 0 Å². The molecule has 59 valence electrons. The molecule has 1 aromatic rings. The maximum atomic E-state index is 10.5. The Labute approximate surface area is 96.2 Å². The normalized spacial score (nSPS) is 8.33. The van der Waals surface area contributed by atoms with Crippen LogP contribution in [0.2, 0.25) is 0 Å². The molecule has 0 aromatic heterocycles. The summed E-state index contributed by atoms with van der Waals surface area (Å²) >= 11 is 0. The first kappa shape index (κ1) is 11.5. The first-order valence-electron chi connectivity index (χ1n) is 3.13. The molecule has 1 aromatic carbocycles. The summed E-state index contributed by atoms with van der Waals surface area (Å²) in [6.45, 7) is 5.20. The molecule has 1 rings (SSSR count). The Morgan fingerprint density at radius 3 is 2.42 bits per heavy atom. The molecule has 0 heterocycles. The van der Waals surface area contributed by atoms with E-state index in [1.54, 1.807) is 18.2 Å². The molecular weight excluding hydrogens is 229 g/mol. The monoisotopic (exact) mass is 236 g/mol. The summed E-state index contributed by atoms with van der Waals surface area (Å²) in [6, 6.07) is 6.58. The molecule has 12 heavy (non-hydrogen) atoms. The summed E-state index contributed by atoms with van der Waals surface area (Å²) in [4.78, 5) is 10.5. The van der Waals surface area contributed by atoms with E-state index in [0.29, 0.717) is 5.56 Å². The summed E-state index contributed by atoms with van der Waals surface area (Å²) in [7, 11) is 0. The fourth-order valence-corrected chi connectivity index (χ4v) is 0.837. The van der Waals surface area contributed by atoms with Crippen molar-refractivity contribution in [3.8, 4) is 0 Å². The van der Waals surface area contributed by atoms with Crippen LogP contribution in [-0.2, 0) is 32.7 Å². The van der Waals surface area contributed by atoms with Gasteiger partial charge in [-0.1, -0.05) is 18.2 Å². The van der Waals surface area contributed by atoms with E-state index >= 15 is 0 Å². The molecule has 0 atom stereocenters. The number of aromatic carboxylic acids is 1. The van der Waals surface area contributed by atoms with Crippen molar-refractivity contribution in [2.24, 2.45) is 0 Å². The zero-order valence-corrected chi connectivity index (χ0v) is 9.24. The van der Waals surface area contributed by atoms with E-state index in [9.17, 15) is 4.79 Å². The van der Waals surface area contributed by atoms with Crippen molar-refractivity contribution in [3.05, 3.63) is 42.0 Å². The van der Waals surface area contributed by atoms with Crippen LogP contribution < -0.4 is 0 Å². The van der Waals surface area contributed by atoms with Crippen molar-refractivity contribution >= 4 is 12.0 Å². The molecule has 0 amide bonds. The summed E-state index contributed by atoms with van der Waals surface area (Å²) in [6.07, 6.45) is 1.28. The molecule has 3 heteroatoms. The minimum absolute atomic E-state index is 0. The fraction of sp³-hybridized carbons (Fsp3) is 0. The molecule has 0 unspecified atom stereocenters. The summed E-state index contributed by atoms with van der Waals surface area (Å²) in [5.74, 6) is -0.956. The second-order valence-corrected chi connectivity index (χ2v) is 2.06. The molecule has 0 saturated carbocycles. The Bertz CT molecular complexity index is 294. The van der Waals surface area contributed by atoms with Crippen LogP contribution in [0.15, 0.2) is 24.3 Å². The Balaban J connectivity index is 0.00000121. The van der Waals surface area contributed by atoms with Crippen LogP contribution in [-0.4, -0.2) is 11.1 Å². The van der Waals surface area contributed by atoms with E-state index in [2.05, 4.69) is 0 Å². The zero-order chi connectivity index (χ0) is 8.27. The first-order chi connectivity index (χ1) is 5.25. The van der Waals surface area contributed by atoms with E-state index in [-0.39, 0.29) is 38.3 Å². The van der Waals surface area contributed by atoms with Crippen molar-refractivity contribution in [1.82, 2.24) is 0 Å². The van der Waals surface area contributed by atoms with Gasteiger partial charge in [-0.2, -0.15) is 5.56 Å². The van der Waals surface area contributed by atoms with Crippen molar-refractivity contribution in [2.75, 3.05) is 0 Å². The number of rotatable bonds is 2. The zero-order valence-electron chi connectivity index (χ0n) is 6.40. The second-order valence-electron chi connectivity index (χ2n) is 2.06. The van der Waals surface area contributed by atoms with E-state index in [4.69, 9.17) is 11.7 Å². The molecule has 2 nitrogen and oxygen atoms in total. The molecule has 0 fully saturated rings. The minimum atomic E-state index is -0.956. The van der Waals surface area contributed by atoms with Gasteiger partial charge in [-0.15, -0.1) is 6.07 Å². The molecule has 0 bridgehead atoms. The molecule has 0 saturated heterocycles. The topological polar surface area (TPSA) is 37.3 Å². The van der Waals surface area contributed by atoms with Crippen LogP contribution in [0.5, 0.6) is 0 Å². The predicted octanol–water partition coefficient (Wildman–Crippen LogP) is 1.83. The average Bonchev–Trinajstić information content (AvgIpc) is 2.04. The number of benzene rings is 1. The third-order valence-electron chi connectivity index (χ3n) is 1.37. The standard InChI is InChI=1S/C9H7O2.Y/c1-2-7-5-3-4-6-8(7)9(10)11;/h1-6H,(H,10,11);/q-1;. The van der Waals surface area contributed by atoms with Gasteiger partial charge in [-0.05, 0) is 5.56 Å². The smallest absolute Gasteiger partial charge is 0.318 e. The third kappa shape index (κ3) is 2.54. The molecule has 0 spiro atoms. The Morgan fingerprint density at radius 1 is 1.42 bits per heavy atom. The second kappa shape index (κ2) is 5.23. The summed E-state index contributed by atoms with van der Waals surface area (Å²) < 4.78 is 0. The molecular formula is C9H7O2Y-. The van der Waals surface area contributed by atoms with Gasteiger partial charge in [0, 0.05) is 32.7 Å². The van der Waals surface area contributed by atoms with Crippen molar-refractivity contribution in [3.63, 3.8) is 0 Å². The van der Waals surface area contributed by atoms with E-state index in [0.717, 1.165) is 0 Å². The summed E-state index contributed by atoms with van der Waals surface area (Å²) in [5.41, 5.74) is 0.773. The first-order valence-corrected chi connectivity index (χ1v) is 3.13. The number of carbonyl (C=O) groups is 1. The van der Waals surface area contributed by atoms with Crippen LogP contribution in [0.25, 0.3) is 6.08 Å². The minimum Gasteiger partial charge on any atom is -0.479 e. The van der Waals surface area contributed by atoms with Crippen LogP contribution >= 0.6 is 0 Å². The molecule has 0 aliphatic rings. The fourth-order valence-electron chi connectivity index (χ4n) is 0.837. The van der Waals surface area contributed by atoms with Crippen LogP contribution in [0.1, 0.15) is 15.9 Å². The number of hydrogen-bond donors (Lipinski definition) is 1. The molecule has 1 radical (unpaired) electrons. The van der Waals surface area contributed by atoms with Gasteiger partial charge in [0.05, 0.1) is 0 Å². The Kier molecular flexibility index (Phi) is 5.02. The van der Waals surface area contributed by atoms with Gasteiger partial charge in [-0.25, -0.2) is 10.9 Å². The average molecular weight is 236 g/mol. The maximum absolute atomic E-state index is 10.5. The number of hydrogen-bond acceptors (Lipinski definition) is 1. The van der Waals surface area contributed by atoms with Crippen LogP contribution in [0.3, 0.4) is 0 Å². The SMILES string of the molecule is [CH-]=Cc1ccccc1C(=O)O.[Y]. The van der Waals surface area contributed by atoms with Gasteiger partial charge in [0.15, 0.2) is 0 Å². The van der Waals surface area contributed by atoms with Crippen molar-refractivity contribution < 1.29 is 42.6 Å². The molecule has 0 aliphatic heterocycles. The molecule has 1 N–H and O–H groups in total. The maximum Gasteiger partial charge on any atom is 0.318 e. The van der Waals surface area contributed by atoms with Crippen molar-refractivity contribution in [1.29, 1.82) is 0 Å². The van der Waals surface area contributed by atoms with Gasteiger partial charge >= 0.3 is 5.97 Å². The Morgan fingerprint density at radius 2 is 2.00 bits per heavy atom. The van der Waals surface area contributed by atoms with Gasteiger partial charge in [0.2, 0.25) is 0 Å². The third-order valence-corrected chi connectivity index (χ3v) is 1.37. The number of carboxylic acids is 1. The summed E-state index contributed by atoms with van der Waals surface area (Å²) in [5, 5.41) is 8.62. The molecule has 0 aliphatic carbocycles. The van der Waals surface area contributed by atoms with E-state index < -0.39 is 5.97 Å². The largest absolute Gasteiger partial charge is 0.479 e. The van der Waals surface area contributed by atoms with E-state index in [1.165, 1.54) is 12.1 Å². The van der Waals surface area contributed by atoms with Gasteiger partial charge in [0.25, 0.3) is 0 Å². The van der Waals surface area contributed by atoms with Gasteiger partial charge < -0.3 is 5.11 Å². The van der Waals surface area contributed by atoms with E-state index in [1.807, 2.05) is 0 Å². The number of carboxylic acid groups (broad SMARTS) is 1. The predicted molar refractivity (Wildman–Crippen MR) is 42.2 cm³/mol. The Hall–Kier alpha value is -0.466. The van der Waals surface area contributed by atoms with Gasteiger partial charge in [0.1, 0.15) is 0 Å². The van der Waals surface area contributed by atoms with Crippen LogP contribution in [0, 0.1) is 6.58 Å². The quantitative estimate of drug-likeness (QED) is 0.795.